The number of nitrogens with one attached hydrogen (secondary N) is 2. The van der Waals surface area contributed by atoms with E-state index < -0.39 is 0 Å². The zero-order chi connectivity index (χ0) is 14.4. The number of amides is 1. The molecule has 0 radical (unpaired) electrons. The molecule has 1 atom stereocenters. The minimum atomic E-state index is -0.0636. The number of likely N-dealkylation sites (tertiary alicyclic amines) is 1. The molecule has 1 aromatic heterocycles. The van der Waals surface area contributed by atoms with Gasteiger partial charge in [0.2, 0.25) is 0 Å². The standard InChI is InChI=1S/C15H24N4O/c1-12(19-9-4-3-5-10-19)11-18-15(20)13-7-6-8-17-14(13)16-2/h6-8,12H,3-5,9-11H2,1-2H3,(H,16,17)(H,18,20). The molecule has 2 heterocycles. The quantitative estimate of drug-likeness (QED) is 0.860. The number of aromatic nitrogens is 1. The maximum absolute atomic E-state index is 12.2. The Labute approximate surface area is 120 Å². The van der Waals surface area contributed by atoms with Crippen LogP contribution < -0.4 is 10.6 Å². The van der Waals surface area contributed by atoms with Gasteiger partial charge in [0.05, 0.1) is 5.56 Å². The molecule has 1 unspecified atom stereocenters. The number of hydrogen-bond donors (Lipinski definition) is 2. The van der Waals surface area contributed by atoms with Crippen molar-refractivity contribution >= 4 is 11.7 Å². The lowest BCUT2D eigenvalue weighted by molar-refractivity contribution is 0.0930. The summed E-state index contributed by atoms with van der Waals surface area (Å²) in [4.78, 5) is 18.8. The number of carbonyl (C=O) groups excluding carboxylic acids is 1. The maximum atomic E-state index is 12.2. The normalized spacial score (nSPS) is 17.5. The molecule has 1 aromatic rings. The van der Waals surface area contributed by atoms with Crippen molar-refractivity contribution in [2.75, 3.05) is 32.0 Å². The second kappa shape index (κ2) is 7.24. The molecule has 1 saturated heterocycles. The van der Waals surface area contributed by atoms with Crippen molar-refractivity contribution in [1.82, 2.24) is 15.2 Å². The monoisotopic (exact) mass is 276 g/mol. The first kappa shape index (κ1) is 14.8. The third-order valence-corrected chi connectivity index (χ3v) is 3.86. The maximum Gasteiger partial charge on any atom is 0.255 e. The number of pyridine rings is 1. The second-order valence-electron chi connectivity index (χ2n) is 5.31. The number of rotatable bonds is 5. The Hall–Kier alpha value is -1.62. The lowest BCUT2D eigenvalue weighted by atomic mass is 10.1. The van der Waals surface area contributed by atoms with Crippen molar-refractivity contribution in [3.8, 4) is 0 Å². The lowest BCUT2D eigenvalue weighted by Crippen LogP contribution is -2.44. The SMILES string of the molecule is CNc1ncccc1C(=O)NCC(C)N1CCCCC1. The predicted molar refractivity (Wildman–Crippen MR) is 81.0 cm³/mol. The highest BCUT2D eigenvalue weighted by molar-refractivity contribution is 5.98. The lowest BCUT2D eigenvalue weighted by Gasteiger charge is -2.32. The minimum absolute atomic E-state index is 0.0636. The van der Waals surface area contributed by atoms with E-state index in [0.29, 0.717) is 24.0 Å². The summed E-state index contributed by atoms with van der Waals surface area (Å²) in [6, 6.07) is 3.96. The van der Waals surface area contributed by atoms with Gasteiger partial charge in [-0.15, -0.1) is 0 Å². The third-order valence-electron chi connectivity index (χ3n) is 3.86. The van der Waals surface area contributed by atoms with Crippen LogP contribution in [0.4, 0.5) is 5.82 Å². The summed E-state index contributed by atoms with van der Waals surface area (Å²) in [5.41, 5.74) is 0.598. The van der Waals surface area contributed by atoms with Crippen molar-refractivity contribution in [2.45, 2.75) is 32.2 Å². The molecule has 0 saturated carbocycles. The van der Waals surface area contributed by atoms with Crippen LogP contribution in [0.25, 0.3) is 0 Å². The van der Waals surface area contributed by atoms with E-state index >= 15 is 0 Å². The molecule has 1 fully saturated rings. The zero-order valence-electron chi connectivity index (χ0n) is 12.4. The molecule has 0 spiro atoms. The van der Waals surface area contributed by atoms with Gasteiger partial charge in [-0.3, -0.25) is 9.69 Å². The number of piperidine rings is 1. The van der Waals surface area contributed by atoms with Crippen molar-refractivity contribution < 1.29 is 4.79 Å². The Balaban J connectivity index is 1.88. The summed E-state index contributed by atoms with van der Waals surface area (Å²) in [7, 11) is 1.77. The fraction of sp³-hybridized carbons (Fsp3) is 0.600. The molecule has 5 heteroatoms. The van der Waals surface area contributed by atoms with E-state index in [2.05, 4.69) is 27.4 Å². The van der Waals surface area contributed by atoms with Crippen LogP contribution >= 0.6 is 0 Å². The highest BCUT2D eigenvalue weighted by Gasteiger charge is 2.18. The van der Waals surface area contributed by atoms with E-state index in [1.807, 2.05) is 0 Å². The molecular formula is C15H24N4O. The van der Waals surface area contributed by atoms with Gasteiger partial charge in [0.25, 0.3) is 5.91 Å². The smallest absolute Gasteiger partial charge is 0.255 e. The van der Waals surface area contributed by atoms with Crippen LogP contribution in [0, 0.1) is 0 Å². The van der Waals surface area contributed by atoms with Crippen LogP contribution in [0.15, 0.2) is 18.3 Å². The summed E-state index contributed by atoms with van der Waals surface area (Å²) >= 11 is 0. The minimum Gasteiger partial charge on any atom is -0.372 e. The molecule has 1 amide bonds. The molecule has 20 heavy (non-hydrogen) atoms. The first-order chi connectivity index (χ1) is 9.72. The summed E-state index contributed by atoms with van der Waals surface area (Å²) in [6.07, 6.45) is 5.55. The van der Waals surface area contributed by atoms with Crippen molar-refractivity contribution in [2.24, 2.45) is 0 Å². The van der Waals surface area contributed by atoms with Gasteiger partial charge in [0.1, 0.15) is 5.82 Å². The topological polar surface area (TPSA) is 57.3 Å². The van der Waals surface area contributed by atoms with E-state index in [4.69, 9.17) is 0 Å². The summed E-state index contributed by atoms with van der Waals surface area (Å²) in [5.74, 6) is 0.557. The number of hydrogen-bond acceptors (Lipinski definition) is 4. The molecule has 0 bridgehead atoms. The number of nitrogens with zero attached hydrogens (tertiary/aromatic N) is 2. The molecule has 0 aromatic carbocycles. The average Bonchev–Trinajstić information content (AvgIpc) is 2.53. The van der Waals surface area contributed by atoms with E-state index in [1.165, 1.54) is 19.3 Å². The Morgan fingerprint density at radius 3 is 2.85 bits per heavy atom. The summed E-state index contributed by atoms with van der Waals surface area (Å²) in [6.45, 7) is 5.14. The van der Waals surface area contributed by atoms with Gasteiger partial charge in [0.15, 0.2) is 0 Å². The van der Waals surface area contributed by atoms with E-state index in [0.717, 1.165) is 13.1 Å². The molecular weight excluding hydrogens is 252 g/mol. The van der Waals surface area contributed by atoms with Crippen LogP contribution in [-0.2, 0) is 0 Å². The fourth-order valence-corrected chi connectivity index (χ4v) is 2.61. The molecule has 5 nitrogen and oxygen atoms in total. The van der Waals surface area contributed by atoms with Gasteiger partial charge in [-0.05, 0) is 45.0 Å². The average molecular weight is 276 g/mol. The molecule has 2 N–H and O–H groups in total. The third kappa shape index (κ3) is 3.70. The Morgan fingerprint density at radius 1 is 1.40 bits per heavy atom. The molecule has 2 rings (SSSR count). The van der Waals surface area contributed by atoms with Gasteiger partial charge >= 0.3 is 0 Å². The van der Waals surface area contributed by atoms with Crippen LogP contribution in [-0.4, -0.2) is 48.5 Å². The van der Waals surface area contributed by atoms with Gasteiger partial charge < -0.3 is 10.6 Å². The van der Waals surface area contributed by atoms with Gasteiger partial charge in [-0.2, -0.15) is 0 Å². The highest BCUT2D eigenvalue weighted by Crippen LogP contribution is 2.13. The number of anilines is 1. The Morgan fingerprint density at radius 2 is 2.15 bits per heavy atom. The number of carbonyl (C=O) groups is 1. The highest BCUT2D eigenvalue weighted by atomic mass is 16.1. The van der Waals surface area contributed by atoms with Crippen LogP contribution in [0.3, 0.4) is 0 Å². The second-order valence-corrected chi connectivity index (χ2v) is 5.31. The largest absolute Gasteiger partial charge is 0.372 e. The van der Waals surface area contributed by atoms with Crippen LogP contribution in [0.2, 0.25) is 0 Å². The molecule has 110 valence electrons. The predicted octanol–water partition coefficient (Wildman–Crippen LogP) is 1.73. The first-order valence-electron chi connectivity index (χ1n) is 7.37. The van der Waals surface area contributed by atoms with E-state index in [1.54, 1.807) is 25.4 Å². The van der Waals surface area contributed by atoms with Crippen LogP contribution in [0.5, 0.6) is 0 Å². The fourth-order valence-electron chi connectivity index (χ4n) is 2.61. The Kier molecular flexibility index (Phi) is 5.35. The molecule has 0 aliphatic carbocycles. The van der Waals surface area contributed by atoms with Gasteiger partial charge in [0, 0.05) is 25.8 Å². The first-order valence-corrected chi connectivity index (χ1v) is 7.37. The van der Waals surface area contributed by atoms with Crippen LogP contribution in [0.1, 0.15) is 36.5 Å². The Bertz CT molecular complexity index is 443. The van der Waals surface area contributed by atoms with Crippen molar-refractivity contribution in [3.05, 3.63) is 23.9 Å². The summed E-state index contributed by atoms with van der Waals surface area (Å²) in [5, 5.41) is 5.96. The van der Waals surface area contributed by atoms with E-state index in [9.17, 15) is 4.79 Å². The van der Waals surface area contributed by atoms with Gasteiger partial charge in [-0.1, -0.05) is 6.42 Å². The van der Waals surface area contributed by atoms with Crippen molar-refractivity contribution in [3.63, 3.8) is 0 Å². The van der Waals surface area contributed by atoms with E-state index in [-0.39, 0.29) is 5.91 Å². The zero-order valence-corrected chi connectivity index (χ0v) is 12.4. The summed E-state index contributed by atoms with van der Waals surface area (Å²) < 4.78 is 0. The van der Waals surface area contributed by atoms with Crippen molar-refractivity contribution in [1.29, 1.82) is 0 Å². The molecule has 1 aliphatic heterocycles. The molecule has 1 aliphatic rings. The van der Waals surface area contributed by atoms with Gasteiger partial charge in [-0.25, -0.2) is 4.98 Å².